The van der Waals surface area contributed by atoms with Crippen molar-refractivity contribution in [1.82, 2.24) is 10.3 Å². The van der Waals surface area contributed by atoms with Crippen molar-refractivity contribution in [2.45, 2.75) is 6.54 Å². The van der Waals surface area contributed by atoms with Gasteiger partial charge in [0.15, 0.2) is 10.4 Å². The summed E-state index contributed by atoms with van der Waals surface area (Å²) in [6, 6.07) is 13.6. The summed E-state index contributed by atoms with van der Waals surface area (Å²) in [5.74, 6) is 0.0974. The van der Waals surface area contributed by atoms with E-state index in [1.165, 1.54) is 17.6 Å². The fraction of sp³-hybridized carbons (Fsp3) is 0.0500. The van der Waals surface area contributed by atoms with Crippen molar-refractivity contribution in [2.75, 3.05) is 5.32 Å². The molecule has 0 unspecified atom stereocenters. The molecule has 7 nitrogen and oxygen atoms in total. The second-order valence-electron chi connectivity index (χ2n) is 5.94. The molecule has 0 atom stereocenters. The zero-order valence-electron chi connectivity index (χ0n) is 14.8. The van der Waals surface area contributed by atoms with E-state index < -0.39 is 0 Å². The third-order valence-corrected chi connectivity index (χ3v) is 5.20. The average molecular weight is 472 g/mol. The summed E-state index contributed by atoms with van der Waals surface area (Å²) in [5, 5.41) is 7.45. The Morgan fingerprint density at radius 2 is 1.90 bits per heavy atom. The SMILES string of the molecule is O=C(NCc1coc(-c2cccs2)n1)c1ccc(NC(=O)c2ccc(Br)o2)cc1. The Labute approximate surface area is 177 Å². The van der Waals surface area contributed by atoms with Crippen molar-refractivity contribution < 1.29 is 18.4 Å². The lowest BCUT2D eigenvalue weighted by atomic mass is 10.2. The highest BCUT2D eigenvalue weighted by Gasteiger charge is 2.12. The van der Waals surface area contributed by atoms with E-state index in [1.807, 2.05) is 17.5 Å². The van der Waals surface area contributed by atoms with Gasteiger partial charge in [0.1, 0.15) is 6.26 Å². The molecule has 0 bridgehead atoms. The number of hydrogen-bond acceptors (Lipinski definition) is 6. The summed E-state index contributed by atoms with van der Waals surface area (Å²) in [6.45, 7) is 0.250. The van der Waals surface area contributed by atoms with E-state index in [1.54, 1.807) is 36.4 Å². The first-order valence-electron chi connectivity index (χ1n) is 8.52. The van der Waals surface area contributed by atoms with E-state index in [4.69, 9.17) is 8.83 Å². The van der Waals surface area contributed by atoms with E-state index >= 15 is 0 Å². The second kappa shape index (κ2) is 8.46. The van der Waals surface area contributed by atoms with Crippen molar-refractivity contribution in [3.05, 3.63) is 81.9 Å². The van der Waals surface area contributed by atoms with Gasteiger partial charge in [0.05, 0.1) is 17.1 Å². The maximum absolute atomic E-state index is 12.3. The van der Waals surface area contributed by atoms with E-state index in [2.05, 4.69) is 31.5 Å². The normalized spacial score (nSPS) is 10.7. The van der Waals surface area contributed by atoms with Crippen LogP contribution >= 0.6 is 27.3 Å². The minimum Gasteiger partial charge on any atom is -0.444 e. The number of anilines is 1. The number of oxazole rings is 1. The van der Waals surface area contributed by atoms with Crippen LogP contribution in [0.15, 0.2) is 73.7 Å². The number of carbonyl (C=O) groups excluding carboxylic acids is 2. The molecule has 29 heavy (non-hydrogen) atoms. The number of nitrogens with one attached hydrogen (secondary N) is 2. The molecule has 0 saturated carbocycles. The minimum absolute atomic E-state index is 0.188. The van der Waals surface area contributed by atoms with Crippen molar-refractivity contribution in [3.63, 3.8) is 0 Å². The molecule has 0 radical (unpaired) electrons. The van der Waals surface area contributed by atoms with E-state index in [0.717, 1.165) is 4.88 Å². The topological polar surface area (TPSA) is 97.4 Å². The molecule has 2 N–H and O–H groups in total. The van der Waals surface area contributed by atoms with Crippen molar-refractivity contribution in [3.8, 4) is 10.8 Å². The molecule has 146 valence electrons. The number of aromatic nitrogens is 1. The predicted octanol–water partition coefficient (Wildman–Crippen LogP) is 4.94. The zero-order valence-corrected chi connectivity index (χ0v) is 17.2. The summed E-state index contributed by atoms with van der Waals surface area (Å²) in [7, 11) is 0. The predicted molar refractivity (Wildman–Crippen MR) is 112 cm³/mol. The molecule has 3 aromatic heterocycles. The quantitative estimate of drug-likeness (QED) is 0.414. The third kappa shape index (κ3) is 4.64. The van der Waals surface area contributed by atoms with Gasteiger partial charge in [-0.05, 0) is 63.8 Å². The highest BCUT2D eigenvalue weighted by atomic mass is 79.9. The fourth-order valence-corrected chi connectivity index (χ4v) is 3.47. The van der Waals surface area contributed by atoms with Crippen molar-refractivity contribution >= 4 is 44.8 Å². The van der Waals surface area contributed by atoms with Crippen molar-refractivity contribution in [1.29, 1.82) is 0 Å². The Hall–Kier alpha value is -3.17. The monoisotopic (exact) mass is 471 g/mol. The molecular weight excluding hydrogens is 458 g/mol. The summed E-state index contributed by atoms with van der Waals surface area (Å²) in [6.07, 6.45) is 1.53. The smallest absolute Gasteiger partial charge is 0.291 e. The molecule has 0 spiro atoms. The van der Waals surface area contributed by atoms with Gasteiger partial charge >= 0.3 is 0 Å². The average Bonchev–Trinajstić information content (AvgIpc) is 3.48. The van der Waals surface area contributed by atoms with Crippen LogP contribution in [-0.4, -0.2) is 16.8 Å². The molecule has 4 rings (SSSR count). The highest BCUT2D eigenvalue weighted by Crippen LogP contribution is 2.23. The van der Waals surface area contributed by atoms with Crippen LogP contribution in [0, 0.1) is 0 Å². The van der Waals surface area contributed by atoms with Crippen LogP contribution in [0.25, 0.3) is 10.8 Å². The van der Waals surface area contributed by atoms with Gasteiger partial charge in [-0.3, -0.25) is 9.59 Å². The summed E-state index contributed by atoms with van der Waals surface area (Å²) in [5.41, 5.74) is 1.65. The highest BCUT2D eigenvalue weighted by molar-refractivity contribution is 9.10. The molecule has 1 aromatic carbocycles. The van der Waals surface area contributed by atoms with Gasteiger partial charge in [0, 0.05) is 11.3 Å². The molecule has 9 heteroatoms. The first-order valence-corrected chi connectivity index (χ1v) is 10.2. The van der Waals surface area contributed by atoms with Gasteiger partial charge in [-0.15, -0.1) is 11.3 Å². The van der Waals surface area contributed by atoms with Crippen LogP contribution in [0.5, 0.6) is 0 Å². The Morgan fingerprint density at radius 1 is 1.07 bits per heavy atom. The van der Waals surface area contributed by atoms with Crippen molar-refractivity contribution in [2.24, 2.45) is 0 Å². The molecule has 2 amide bonds. The molecule has 0 fully saturated rings. The number of benzene rings is 1. The molecule has 3 heterocycles. The molecule has 4 aromatic rings. The standard InChI is InChI=1S/C20H14BrN3O4S/c21-17-8-7-15(28-17)19(26)23-13-5-3-12(4-6-13)18(25)22-10-14-11-27-20(24-14)16-2-1-9-29-16/h1-9,11H,10H2,(H,22,25)(H,23,26). The Balaban J connectivity index is 1.33. The first-order chi connectivity index (χ1) is 14.1. The van der Waals surface area contributed by atoms with Gasteiger partial charge < -0.3 is 19.5 Å². The molecule has 0 saturated heterocycles. The molecule has 0 aliphatic rings. The molecule has 0 aliphatic carbocycles. The fourth-order valence-electron chi connectivity index (χ4n) is 2.51. The number of nitrogens with zero attached hydrogens (tertiary/aromatic N) is 1. The maximum atomic E-state index is 12.3. The van der Waals surface area contributed by atoms with Crippen LogP contribution < -0.4 is 10.6 Å². The zero-order chi connectivity index (χ0) is 20.2. The lowest BCUT2D eigenvalue weighted by Crippen LogP contribution is -2.23. The number of amides is 2. The number of thiophene rings is 1. The molecule has 0 aliphatic heterocycles. The van der Waals surface area contributed by atoms with E-state index in [-0.39, 0.29) is 24.1 Å². The lowest BCUT2D eigenvalue weighted by Gasteiger charge is -2.06. The number of carbonyl (C=O) groups is 2. The second-order valence-corrected chi connectivity index (χ2v) is 7.67. The Morgan fingerprint density at radius 3 is 2.59 bits per heavy atom. The number of furan rings is 1. The Kier molecular flexibility index (Phi) is 5.59. The molecular formula is C20H14BrN3O4S. The van der Waals surface area contributed by atoms with Crippen LogP contribution in [0.2, 0.25) is 0 Å². The number of hydrogen-bond donors (Lipinski definition) is 2. The minimum atomic E-state index is -0.375. The lowest BCUT2D eigenvalue weighted by molar-refractivity contribution is 0.0949. The Bertz CT molecular complexity index is 1130. The maximum Gasteiger partial charge on any atom is 0.291 e. The summed E-state index contributed by atoms with van der Waals surface area (Å²) >= 11 is 4.69. The van der Waals surface area contributed by atoms with E-state index in [0.29, 0.717) is 27.5 Å². The van der Waals surface area contributed by atoms with Gasteiger partial charge in [0.25, 0.3) is 11.8 Å². The van der Waals surface area contributed by atoms with Gasteiger partial charge in [-0.1, -0.05) is 6.07 Å². The third-order valence-electron chi connectivity index (χ3n) is 3.92. The van der Waals surface area contributed by atoms with Gasteiger partial charge in [-0.2, -0.15) is 0 Å². The van der Waals surface area contributed by atoms with Crippen LogP contribution in [-0.2, 0) is 6.54 Å². The van der Waals surface area contributed by atoms with E-state index in [9.17, 15) is 9.59 Å². The van der Waals surface area contributed by atoms with Gasteiger partial charge in [0.2, 0.25) is 5.89 Å². The van der Waals surface area contributed by atoms with Crippen LogP contribution in [0.1, 0.15) is 26.6 Å². The van der Waals surface area contributed by atoms with Gasteiger partial charge in [-0.25, -0.2) is 4.98 Å². The van der Waals surface area contributed by atoms with Crippen LogP contribution in [0.3, 0.4) is 0 Å². The van der Waals surface area contributed by atoms with Crippen LogP contribution in [0.4, 0.5) is 5.69 Å². The summed E-state index contributed by atoms with van der Waals surface area (Å²) < 4.78 is 11.1. The number of rotatable bonds is 6. The first kappa shape index (κ1) is 19.2. The summed E-state index contributed by atoms with van der Waals surface area (Å²) in [4.78, 5) is 29.7. The largest absolute Gasteiger partial charge is 0.444 e. The number of halogens is 1.